The average molecular weight is 199 g/mol. The van der Waals surface area contributed by atoms with Crippen LogP contribution in [0.25, 0.3) is 0 Å². The van der Waals surface area contributed by atoms with Gasteiger partial charge in [0.15, 0.2) is 0 Å². The Morgan fingerprint density at radius 1 is 1.46 bits per heavy atom. The second-order valence-corrected chi connectivity index (χ2v) is 3.71. The summed E-state index contributed by atoms with van der Waals surface area (Å²) in [6.07, 6.45) is 8.30. The largest absolute Gasteiger partial charge is 0.468 e. The lowest BCUT2D eigenvalue weighted by molar-refractivity contribution is 0.141. The summed E-state index contributed by atoms with van der Waals surface area (Å²) in [5.41, 5.74) is 0. The van der Waals surface area contributed by atoms with Gasteiger partial charge in [0.25, 0.3) is 5.17 Å². The molecule has 1 N–H and O–H groups in total. The van der Waals surface area contributed by atoms with Crippen LogP contribution in [0.4, 0.5) is 0 Å². The van der Waals surface area contributed by atoms with E-state index in [9.17, 15) is 0 Å². The summed E-state index contributed by atoms with van der Waals surface area (Å²) in [4.78, 5) is 0. The Hall–Kier alpha value is -0.570. The first-order valence-corrected chi connectivity index (χ1v) is 5.29. The highest BCUT2D eigenvalue weighted by molar-refractivity contribution is 7.80. The van der Waals surface area contributed by atoms with Crippen molar-refractivity contribution in [3.8, 4) is 0 Å². The lowest BCUT2D eigenvalue weighted by Gasteiger charge is -2.23. The molecule has 1 aliphatic rings. The van der Waals surface area contributed by atoms with E-state index in [1.807, 2.05) is 0 Å². The molecular formula is C10H17NOS. The minimum atomic E-state index is 0.346. The highest BCUT2D eigenvalue weighted by atomic mass is 32.1. The average Bonchev–Trinajstić information content (AvgIpc) is 2.16. The third-order valence-corrected chi connectivity index (χ3v) is 2.46. The smallest absolute Gasteiger partial charge is 0.257 e. The molecule has 13 heavy (non-hydrogen) atoms. The fourth-order valence-corrected chi connectivity index (χ4v) is 1.75. The van der Waals surface area contributed by atoms with Gasteiger partial charge in [-0.3, -0.25) is 0 Å². The van der Waals surface area contributed by atoms with Crippen molar-refractivity contribution in [2.75, 3.05) is 6.54 Å². The van der Waals surface area contributed by atoms with Crippen molar-refractivity contribution in [1.29, 1.82) is 0 Å². The summed E-state index contributed by atoms with van der Waals surface area (Å²) in [5, 5.41) is 3.49. The molecule has 0 spiro atoms. The molecule has 1 fully saturated rings. The maximum atomic E-state index is 5.57. The summed E-state index contributed by atoms with van der Waals surface area (Å²) >= 11 is 5.02. The van der Waals surface area contributed by atoms with Crippen molar-refractivity contribution >= 4 is 17.4 Å². The molecule has 0 heterocycles. The molecule has 0 radical (unpaired) electrons. The van der Waals surface area contributed by atoms with E-state index in [4.69, 9.17) is 17.0 Å². The van der Waals surface area contributed by atoms with Crippen LogP contribution in [0.3, 0.4) is 0 Å². The molecule has 1 saturated carbocycles. The van der Waals surface area contributed by atoms with Gasteiger partial charge in [0.05, 0.1) is 0 Å². The van der Waals surface area contributed by atoms with Crippen LogP contribution >= 0.6 is 12.2 Å². The molecule has 1 aliphatic carbocycles. The Labute approximate surface area is 85.4 Å². The van der Waals surface area contributed by atoms with Gasteiger partial charge in [-0.05, 0) is 37.9 Å². The SMILES string of the molecule is C=CCNC(=S)OC1CCCCC1. The fourth-order valence-electron chi connectivity index (χ4n) is 1.53. The molecule has 0 unspecified atom stereocenters. The minimum Gasteiger partial charge on any atom is -0.468 e. The normalized spacial score (nSPS) is 17.8. The van der Waals surface area contributed by atoms with Crippen molar-refractivity contribution in [3.63, 3.8) is 0 Å². The van der Waals surface area contributed by atoms with E-state index in [-0.39, 0.29) is 0 Å². The number of hydrogen-bond acceptors (Lipinski definition) is 2. The third kappa shape index (κ3) is 4.27. The topological polar surface area (TPSA) is 21.3 Å². The van der Waals surface area contributed by atoms with Gasteiger partial charge in [0, 0.05) is 6.54 Å². The number of rotatable bonds is 3. The maximum absolute atomic E-state index is 5.57. The summed E-state index contributed by atoms with van der Waals surface area (Å²) < 4.78 is 5.57. The molecular weight excluding hydrogens is 182 g/mol. The van der Waals surface area contributed by atoms with Crippen molar-refractivity contribution in [2.24, 2.45) is 0 Å². The predicted octanol–water partition coefficient (Wildman–Crippen LogP) is 2.40. The quantitative estimate of drug-likeness (QED) is 0.557. The monoisotopic (exact) mass is 199 g/mol. The number of thiocarbonyl (C=S) groups is 1. The molecule has 0 amide bonds. The molecule has 0 saturated heterocycles. The van der Waals surface area contributed by atoms with Gasteiger partial charge in [0.2, 0.25) is 0 Å². The zero-order valence-corrected chi connectivity index (χ0v) is 8.74. The van der Waals surface area contributed by atoms with E-state index in [1.54, 1.807) is 6.08 Å². The van der Waals surface area contributed by atoms with Crippen LogP contribution in [0, 0.1) is 0 Å². The predicted molar refractivity (Wildman–Crippen MR) is 58.8 cm³/mol. The molecule has 74 valence electrons. The number of ether oxygens (including phenoxy) is 1. The Morgan fingerprint density at radius 3 is 2.77 bits per heavy atom. The molecule has 2 nitrogen and oxygen atoms in total. The molecule has 0 aromatic carbocycles. The van der Waals surface area contributed by atoms with Crippen molar-refractivity contribution in [2.45, 2.75) is 38.2 Å². The zero-order chi connectivity index (χ0) is 9.52. The number of hydrogen-bond donors (Lipinski definition) is 1. The fraction of sp³-hybridized carbons (Fsp3) is 0.700. The Bertz CT molecular complexity index is 176. The molecule has 0 atom stereocenters. The number of nitrogens with one attached hydrogen (secondary N) is 1. The summed E-state index contributed by atoms with van der Waals surface area (Å²) in [7, 11) is 0. The Kier molecular flexibility index (Phi) is 4.83. The molecule has 1 rings (SSSR count). The molecule has 0 aliphatic heterocycles. The summed E-state index contributed by atoms with van der Waals surface area (Å²) in [5.74, 6) is 0. The van der Waals surface area contributed by atoms with Gasteiger partial charge in [-0.15, -0.1) is 6.58 Å². The molecule has 0 aromatic heterocycles. The van der Waals surface area contributed by atoms with E-state index in [1.165, 1.54) is 19.3 Å². The van der Waals surface area contributed by atoms with Crippen LogP contribution < -0.4 is 5.32 Å². The zero-order valence-electron chi connectivity index (χ0n) is 7.92. The molecule has 0 bridgehead atoms. The van der Waals surface area contributed by atoms with Crippen LogP contribution in [0.5, 0.6) is 0 Å². The van der Waals surface area contributed by atoms with Crippen LogP contribution in [-0.2, 0) is 4.74 Å². The lowest BCUT2D eigenvalue weighted by Crippen LogP contribution is -2.29. The van der Waals surface area contributed by atoms with E-state index in [0.29, 0.717) is 17.8 Å². The maximum Gasteiger partial charge on any atom is 0.257 e. The minimum absolute atomic E-state index is 0.346. The summed E-state index contributed by atoms with van der Waals surface area (Å²) in [6.45, 7) is 4.29. The first kappa shape index (κ1) is 10.5. The Balaban J connectivity index is 2.14. The van der Waals surface area contributed by atoms with Crippen LogP contribution in [0.15, 0.2) is 12.7 Å². The van der Waals surface area contributed by atoms with E-state index in [2.05, 4.69) is 11.9 Å². The van der Waals surface area contributed by atoms with Crippen LogP contribution in [0.1, 0.15) is 32.1 Å². The second-order valence-electron chi connectivity index (χ2n) is 3.33. The standard InChI is InChI=1S/C10H17NOS/c1-2-8-11-10(13)12-9-6-4-3-5-7-9/h2,9H,1,3-8H2,(H,11,13). The van der Waals surface area contributed by atoms with Gasteiger partial charge in [-0.1, -0.05) is 12.5 Å². The third-order valence-electron chi connectivity index (χ3n) is 2.22. The van der Waals surface area contributed by atoms with Gasteiger partial charge >= 0.3 is 0 Å². The van der Waals surface area contributed by atoms with Gasteiger partial charge in [0.1, 0.15) is 6.10 Å². The van der Waals surface area contributed by atoms with E-state index >= 15 is 0 Å². The van der Waals surface area contributed by atoms with Crippen LogP contribution in [0.2, 0.25) is 0 Å². The van der Waals surface area contributed by atoms with E-state index < -0.39 is 0 Å². The van der Waals surface area contributed by atoms with E-state index in [0.717, 1.165) is 12.8 Å². The highest BCUT2D eigenvalue weighted by Gasteiger charge is 2.15. The van der Waals surface area contributed by atoms with Crippen molar-refractivity contribution in [1.82, 2.24) is 5.32 Å². The summed E-state index contributed by atoms with van der Waals surface area (Å²) in [6, 6.07) is 0. The Morgan fingerprint density at radius 2 is 2.15 bits per heavy atom. The highest BCUT2D eigenvalue weighted by Crippen LogP contribution is 2.20. The van der Waals surface area contributed by atoms with Gasteiger partial charge in [-0.25, -0.2) is 0 Å². The first-order chi connectivity index (χ1) is 6.33. The first-order valence-electron chi connectivity index (χ1n) is 4.88. The van der Waals surface area contributed by atoms with Gasteiger partial charge in [-0.2, -0.15) is 0 Å². The molecule has 3 heteroatoms. The second kappa shape index (κ2) is 5.97. The van der Waals surface area contributed by atoms with Crippen molar-refractivity contribution < 1.29 is 4.74 Å². The van der Waals surface area contributed by atoms with Crippen LogP contribution in [-0.4, -0.2) is 17.8 Å². The van der Waals surface area contributed by atoms with Gasteiger partial charge < -0.3 is 10.1 Å². The lowest BCUT2D eigenvalue weighted by atomic mass is 9.98. The van der Waals surface area contributed by atoms with Crippen molar-refractivity contribution in [3.05, 3.63) is 12.7 Å². The molecule has 0 aromatic rings.